The molecule has 1 saturated carbocycles. The number of nitrogen functional groups attached to an aromatic ring is 1. The maximum Gasteiger partial charge on any atom is 0.239 e. The van der Waals surface area contributed by atoms with Crippen LogP contribution in [0, 0.1) is 11.3 Å². The number of sulfonamides is 1. The SMILES string of the molecule is CNC1CCC(CCc2ccc(-c3ccc(C4CCNC4)cc3)c(C(=N)N)c2S(N)(=O)=O)CC1. The number of aryl methyl sites for hydroxylation is 1. The Morgan fingerprint density at radius 3 is 2.35 bits per heavy atom. The summed E-state index contributed by atoms with van der Waals surface area (Å²) < 4.78 is 25.5. The first-order chi connectivity index (χ1) is 16.3. The average molecular weight is 484 g/mol. The molecule has 0 spiro atoms. The van der Waals surface area contributed by atoms with Gasteiger partial charge < -0.3 is 16.4 Å². The van der Waals surface area contributed by atoms with Gasteiger partial charge in [0.1, 0.15) is 5.84 Å². The zero-order valence-electron chi connectivity index (χ0n) is 19.9. The maximum atomic E-state index is 12.7. The molecule has 0 aromatic heterocycles. The van der Waals surface area contributed by atoms with Crippen LogP contribution in [0.5, 0.6) is 0 Å². The van der Waals surface area contributed by atoms with Gasteiger partial charge in [-0.3, -0.25) is 5.41 Å². The molecule has 0 bridgehead atoms. The first kappa shape index (κ1) is 24.9. The zero-order valence-corrected chi connectivity index (χ0v) is 20.8. The normalized spacial score (nSPS) is 23.2. The van der Waals surface area contributed by atoms with Crippen molar-refractivity contribution >= 4 is 15.9 Å². The van der Waals surface area contributed by atoms with E-state index in [9.17, 15) is 8.42 Å². The molecule has 1 saturated heterocycles. The molecular weight excluding hydrogens is 446 g/mol. The van der Waals surface area contributed by atoms with Gasteiger partial charge in [0, 0.05) is 18.2 Å². The predicted molar refractivity (Wildman–Crippen MR) is 138 cm³/mol. The Labute approximate surface area is 203 Å². The fourth-order valence-electron chi connectivity index (χ4n) is 5.63. The van der Waals surface area contributed by atoms with E-state index in [1.165, 1.54) is 5.56 Å². The molecule has 7 N–H and O–H groups in total. The second-order valence-corrected chi connectivity index (χ2v) is 11.3. The zero-order chi connectivity index (χ0) is 24.3. The van der Waals surface area contributed by atoms with Crippen molar-refractivity contribution in [1.82, 2.24) is 10.6 Å². The summed E-state index contributed by atoms with van der Waals surface area (Å²) in [6.07, 6.45) is 7.18. The number of hydrogen-bond acceptors (Lipinski definition) is 5. The lowest BCUT2D eigenvalue weighted by molar-refractivity contribution is 0.288. The number of hydrogen-bond donors (Lipinski definition) is 5. The summed E-state index contributed by atoms with van der Waals surface area (Å²) in [5.74, 6) is 0.780. The third-order valence-corrected chi connectivity index (χ3v) is 8.66. The largest absolute Gasteiger partial charge is 0.384 e. The van der Waals surface area contributed by atoms with Crippen LogP contribution in [-0.2, 0) is 16.4 Å². The van der Waals surface area contributed by atoms with Crippen LogP contribution in [0.4, 0.5) is 0 Å². The van der Waals surface area contributed by atoms with Crippen LogP contribution < -0.4 is 21.5 Å². The van der Waals surface area contributed by atoms with Gasteiger partial charge in [-0.25, -0.2) is 13.6 Å². The van der Waals surface area contributed by atoms with E-state index in [4.69, 9.17) is 16.3 Å². The van der Waals surface area contributed by atoms with E-state index < -0.39 is 10.0 Å². The van der Waals surface area contributed by atoms with Crippen molar-refractivity contribution in [2.75, 3.05) is 20.1 Å². The summed E-state index contributed by atoms with van der Waals surface area (Å²) >= 11 is 0. The number of primary sulfonamides is 1. The minimum atomic E-state index is -4.07. The monoisotopic (exact) mass is 483 g/mol. The number of nitrogens with two attached hydrogens (primary N) is 2. The van der Waals surface area contributed by atoms with Crippen LogP contribution in [0.2, 0.25) is 0 Å². The molecule has 0 amide bonds. The molecule has 2 aromatic rings. The molecule has 1 atom stereocenters. The predicted octanol–water partition coefficient (Wildman–Crippen LogP) is 3.07. The van der Waals surface area contributed by atoms with Crippen molar-refractivity contribution in [3.05, 3.63) is 53.1 Å². The van der Waals surface area contributed by atoms with E-state index in [0.717, 1.165) is 57.2 Å². The highest BCUT2D eigenvalue weighted by atomic mass is 32.2. The Morgan fingerprint density at radius 2 is 1.79 bits per heavy atom. The second kappa shape index (κ2) is 10.6. The van der Waals surface area contributed by atoms with E-state index in [0.29, 0.717) is 35.4 Å². The van der Waals surface area contributed by atoms with E-state index in [1.807, 2.05) is 31.3 Å². The van der Waals surface area contributed by atoms with Gasteiger partial charge in [0.15, 0.2) is 0 Å². The highest BCUT2D eigenvalue weighted by Crippen LogP contribution is 2.34. The van der Waals surface area contributed by atoms with Crippen LogP contribution in [0.3, 0.4) is 0 Å². The van der Waals surface area contributed by atoms with E-state index in [2.05, 4.69) is 22.8 Å². The number of nitrogens with one attached hydrogen (secondary N) is 3. The number of rotatable bonds is 8. The highest BCUT2D eigenvalue weighted by molar-refractivity contribution is 7.89. The van der Waals surface area contributed by atoms with E-state index >= 15 is 0 Å². The first-order valence-corrected chi connectivity index (χ1v) is 13.8. The summed E-state index contributed by atoms with van der Waals surface area (Å²) in [4.78, 5) is 0.00507. The molecule has 0 radical (unpaired) electrons. The number of amidine groups is 1. The van der Waals surface area contributed by atoms with Gasteiger partial charge >= 0.3 is 0 Å². The van der Waals surface area contributed by atoms with Crippen LogP contribution in [0.15, 0.2) is 41.3 Å². The average Bonchev–Trinajstić information content (AvgIpc) is 3.37. The summed E-state index contributed by atoms with van der Waals surface area (Å²) in [6.45, 7) is 2.00. The molecule has 2 aromatic carbocycles. The second-order valence-electron chi connectivity index (χ2n) is 9.79. The molecule has 34 heavy (non-hydrogen) atoms. The molecule has 8 heteroatoms. The van der Waals surface area contributed by atoms with Gasteiger partial charge in [-0.15, -0.1) is 0 Å². The lowest BCUT2D eigenvalue weighted by Gasteiger charge is -2.28. The van der Waals surface area contributed by atoms with E-state index in [-0.39, 0.29) is 16.3 Å². The molecule has 4 rings (SSSR count). The maximum absolute atomic E-state index is 12.7. The van der Waals surface area contributed by atoms with Crippen LogP contribution in [0.1, 0.15) is 61.1 Å². The Balaban J connectivity index is 1.64. The van der Waals surface area contributed by atoms with Crippen molar-refractivity contribution in [3.63, 3.8) is 0 Å². The van der Waals surface area contributed by atoms with Crippen molar-refractivity contribution in [3.8, 4) is 11.1 Å². The van der Waals surface area contributed by atoms with Crippen LogP contribution in [-0.4, -0.2) is 40.4 Å². The third kappa shape index (κ3) is 5.51. The third-order valence-electron chi connectivity index (χ3n) is 7.62. The Kier molecular flexibility index (Phi) is 7.72. The smallest absolute Gasteiger partial charge is 0.239 e. The fraction of sp³-hybridized carbons (Fsp3) is 0.500. The molecule has 7 nitrogen and oxygen atoms in total. The highest BCUT2D eigenvalue weighted by Gasteiger charge is 2.26. The van der Waals surface area contributed by atoms with Gasteiger partial charge in [0.25, 0.3) is 0 Å². The standard InChI is InChI=1S/C26H37N5O2S/c1-30-22-11-3-17(4-12-22)2-5-20-10-13-23(24(26(27)28)25(20)34(29,32)33)19-8-6-18(7-9-19)21-14-15-31-16-21/h6-10,13,17,21-22,30-31H,2-5,11-12,14-16H2,1H3,(H3,27,28)(H2,29,32,33). The fourth-order valence-corrected chi connectivity index (χ4v) is 6.67. The topological polar surface area (TPSA) is 134 Å². The lowest BCUT2D eigenvalue weighted by Crippen LogP contribution is -2.30. The lowest BCUT2D eigenvalue weighted by atomic mass is 9.82. The Hall–Kier alpha value is -2.26. The summed E-state index contributed by atoms with van der Waals surface area (Å²) in [5, 5.41) is 20.7. The van der Waals surface area contributed by atoms with Gasteiger partial charge in [-0.2, -0.15) is 0 Å². The van der Waals surface area contributed by atoms with Crippen molar-refractivity contribution < 1.29 is 8.42 Å². The van der Waals surface area contributed by atoms with Gasteiger partial charge in [0.05, 0.1) is 4.90 Å². The van der Waals surface area contributed by atoms with Crippen molar-refractivity contribution in [1.29, 1.82) is 5.41 Å². The summed E-state index contributed by atoms with van der Waals surface area (Å²) in [7, 11) is -2.06. The molecule has 1 heterocycles. The summed E-state index contributed by atoms with van der Waals surface area (Å²) in [6, 6.07) is 12.5. The first-order valence-electron chi connectivity index (χ1n) is 12.3. The Morgan fingerprint density at radius 1 is 1.09 bits per heavy atom. The van der Waals surface area contributed by atoms with E-state index in [1.54, 1.807) is 0 Å². The summed E-state index contributed by atoms with van der Waals surface area (Å²) in [5.41, 5.74) is 9.56. The van der Waals surface area contributed by atoms with Crippen LogP contribution >= 0.6 is 0 Å². The molecule has 1 aliphatic heterocycles. The minimum Gasteiger partial charge on any atom is -0.384 e. The molecule has 2 aliphatic rings. The van der Waals surface area contributed by atoms with Gasteiger partial charge in [0.2, 0.25) is 10.0 Å². The quantitative estimate of drug-likeness (QED) is 0.291. The van der Waals surface area contributed by atoms with Crippen LogP contribution in [0.25, 0.3) is 11.1 Å². The van der Waals surface area contributed by atoms with Crippen molar-refractivity contribution in [2.45, 2.75) is 61.8 Å². The molecule has 1 aliphatic carbocycles. The minimum absolute atomic E-state index is 0.00507. The molecule has 2 fully saturated rings. The molecule has 184 valence electrons. The number of benzene rings is 2. The molecule has 1 unspecified atom stereocenters. The van der Waals surface area contributed by atoms with Crippen molar-refractivity contribution in [2.24, 2.45) is 16.8 Å². The molecular formula is C26H37N5O2S. The van der Waals surface area contributed by atoms with Gasteiger partial charge in [-0.05, 0) is 92.6 Å². The van der Waals surface area contributed by atoms with Gasteiger partial charge in [-0.1, -0.05) is 36.4 Å². The Bertz CT molecular complexity index is 1120.